The van der Waals surface area contributed by atoms with Crippen molar-refractivity contribution >= 4 is 14.4 Å². The number of hydrogen-bond donors (Lipinski definition) is 2. The van der Waals surface area contributed by atoms with Crippen molar-refractivity contribution in [1.29, 1.82) is 0 Å². The number of amides is 1. The molecule has 1 aliphatic rings. The molecule has 0 aromatic heterocycles. The Morgan fingerprint density at radius 1 is 1.27 bits per heavy atom. The minimum atomic E-state index is -2.09. The molecular formula is C19H39NO5Si. The molecule has 154 valence electrons. The molecule has 0 aromatic rings. The van der Waals surface area contributed by atoms with Gasteiger partial charge in [0.2, 0.25) is 0 Å². The smallest absolute Gasteiger partial charge is 0.407 e. The molecule has 1 saturated heterocycles. The maximum atomic E-state index is 12.3. The SMILES string of the molecule is CC(C)(C)OC(=O)N[C@@H](C[C@@H]1CCOC1)[C@@H](CO)O[Si](C)(C)C(C)(C)C. The lowest BCUT2D eigenvalue weighted by Gasteiger charge is -2.41. The fraction of sp³-hybridized carbons (Fsp3) is 0.947. The number of nitrogens with one attached hydrogen (secondary N) is 1. The van der Waals surface area contributed by atoms with Crippen LogP contribution < -0.4 is 5.32 Å². The number of hydrogen-bond acceptors (Lipinski definition) is 5. The third-order valence-electron chi connectivity index (χ3n) is 5.19. The molecule has 0 saturated carbocycles. The Morgan fingerprint density at radius 2 is 1.88 bits per heavy atom. The minimum absolute atomic E-state index is 0.0212. The molecule has 0 aromatic carbocycles. The first-order valence-electron chi connectivity index (χ1n) is 9.61. The zero-order chi connectivity index (χ0) is 20.2. The summed E-state index contributed by atoms with van der Waals surface area (Å²) in [6.07, 6.45) is 0.742. The Balaban J connectivity index is 2.90. The first-order chi connectivity index (χ1) is 11.7. The number of aliphatic hydroxyl groups is 1. The van der Waals surface area contributed by atoms with E-state index in [0.717, 1.165) is 13.0 Å². The molecule has 0 spiro atoms. The van der Waals surface area contributed by atoms with E-state index in [1.807, 2.05) is 20.8 Å². The van der Waals surface area contributed by atoms with Gasteiger partial charge in [-0.05, 0) is 57.7 Å². The molecule has 0 aliphatic carbocycles. The highest BCUT2D eigenvalue weighted by Gasteiger charge is 2.41. The summed E-state index contributed by atoms with van der Waals surface area (Å²) in [5, 5.41) is 13.0. The van der Waals surface area contributed by atoms with E-state index in [2.05, 4.69) is 39.2 Å². The lowest BCUT2D eigenvalue weighted by molar-refractivity contribution is 0.0309. The van der Waals surface area contributed by atoms with E-state index in [0.29, 0.717) is 18.9 Å². The lowest BCUT2D eigenvalue weighted by Crippen LogP contribution is -2.54. The van der Waals surface area contributed by atoms with Crippen LogP contribution in [-0.4, -0.2) is 57.1 Å². The number of alkyl carbamates (subject to hydrolysis) is 1. The first kappa shape index (κ1) is 23.4. The molecule has 1 aliphatic heterocycles. The van der Waals surface area contributed by atoms with Crippen LogP contribution in [-0.2, 0) is 13.9 Å². The van der Waals surface area contributed by atoms with Crippen molar-refractivity contribution in [3.05, 3.63) is 0 Å². The molecule has 1 amide bonds. The van der Waals surface area contributed by atoms with E-state index in [-0.39, 0.29) is 17.7 Å². The van der Waals surface area contributed by atoms with Crippen molar-refractivity contribution < 1.29 is 23.8 Å². The average molecular weight is 390 g/mol. The highest BCUT2D eigenvalue weighted by molar-refractivity contribution is 6.74. The predicted molar refractivity (Wildman–Crippen MR) is 106 cm³/mol. The Bertz CT molecular complexity index is 450. The van der Waals surface area contributed by atoms with Crippen LogP contribution in [0.1, 0.15) is 54.4 Å². The third-order valence-corrected chi connectivity index (χ3v) is 9.70. The maximum Gasteiger partial charge on any atom is 0.407 e. The molecule has 1 heterocycles. The maximum absolute atomic E-state index is 12.3. The largest absolute Gasteiger partial charge is 0.444 e. The van der Waals surface area contributed by atoms with Crippen LogP contribution >= 0.6 is 0 Å². The number of carbonyl (C=O) groups excluding carboxylic acids is 1. The molecule has 0 radical (unpaired) electrons. The number of carbonyl (C=O) groups is 1. The molecule has 3 atom stereocenters. The third kappa shape index (κ3) is 7.54. The quantitative estimate of drug-likeness (QED) is 0.649. The normalized spacial score (nSPS) is 21.3. The van der Waals surface area contributed by atoms with Gasteiger partial charge in [0.1, 0.15) is 5.60 Å². The second kappa shape index (κ2) is 9.04. The number of ether oxygens (including phenoxy) is 2. The van der Waals surface area contributed by atoms with E-state index >= 15 is 0 Å². The predicted octanol–water partition coefficient (Wildman–Crippen LogP) is 3.69. The monoisotopic (exact) mass is 389 g/mol. The topological polar surface area (TPSA) is 77.0 Å². The van der Waals surface area contributed by atoms with E-state index in [1.165, 1.54) is 0 Å². The minimum Gasteiger partial charge on any atom is -0.444 e. The fourth-order valence-corrected chi connectivity index (χ4v) is 4.04. The van der Waals surface area contributed by atoms with E-state index in [4.69, 9.17) is 13.9 Å². The standard InChI is InChI=1S/C19H39NO5Si/c1-18(2,3)24-17(22)20-15(11-14-9-10-23-13-14)16(12-21)25-26(7,8)19(4,5)6/h14-16,21H,9-13H2,1-8H3,(H,20,22)/t14-,15-,16+/m0/s1. The van der Waals surface area contributed by atoms with Crippen LogP contribution in [0.3, 0.4) is 0 Å². The van der Waals surface area contributed by atoms with Gasteiger partial charge >= 0.3 is 6.09 Å². The Labute approximate surface area is 160 Å². The molecule has 0 unspecified atom stereocenters. The molecule has 6 nitrogen and oxygen atoms in total. The van der Waals surface area contributed by atoms with Crippen molar-refractivity contribution in [3.8, 4) is 0 Å². The Morgan fingerprint density at radius 3 is 2.31 bits per heavy atom. The van der Waals surface area contributed by atoms with E-state index in [9.17, 15) is 9.90 Å². The summed E-state index contributed by atoms with van der Waals surface area (Å²) in [6, 6.07) is -0.310. The molecule has 2 N–H and O–H groups in total. The van der Waals surface area contributed by atoms with Crippen LogP contribution in [0.15, 0.2) is 0 Å². The van der Waals surface area contributed by atoms with Crippen molar-refractivity contribution in [2.24, 2.45) is 5.92 Å². The summed E-state index contributed by atoms with van der Waals surface area (Å²) in [4.78, 5) is 12.3. The van der Waals surface area contributed by atoms with Crippen molar-refractivity contribution in [1.82, 2.24) is 5.32 Å². The fourth-order valence-electron chi connectivity index (χ4n) is 2.69. The van der Waals surface area contributed by atoms with Gasteiger partial charge in [0.25, 0.3) is 0 Å². The van der Waals surface area contributed by atoms with Gasteiger partial charge in [-0.1, -0.05) is 20.8 Å². The second-order valence-corrected chi connectivity index (χ2v) is 14.6. The van der Waals surface area contributed by atoms with Gasteiger partial charge in [0.05, 0.1) is 18.8 Å². The Hall–Kier alpha value is -0.633. The number of aliphatic hydroxyl groups excluding tert-OH is 1. The van der Waals surface area contributed by atoms with E-state index in [1.54, 1.807) is 0 Å². The zero-order valence-corrected chi connectivity index (χ0v) is 18.8. The molecule has 1 rings (SSSR count). The van der Waals surface area contributed by atoms with Crippen LogP contribution in [0.5, 0.6) is 0 Å². The highest BCUT2D eigenvalue weighted by atomic mass is 28.4. The van der Waals surface area contributed by atoms with Crippen molar-refractivity contribution in [3.63, 3.8) is 0 Å². The van der Waals surface area contributed by atoms with Gasteiger partial charge in [0.15, 0.2) is 8.32 Å². The molecule has 26 heavy (non-hydrogen) atoms. The summed E-state index contributed by atoms with van der Waals surface area (Å²) in [5.41, 5.74) is -0.569. The number of rotatable bonds is 7. The Kier molecular flexibility index (Phi) is 8.14. The van der Waals surface area contributed by atoms with Crippen LogP contribution in [0, 0.1) is 5.92 Å². The molecular weight excluding hydrogens is 350 g/mol. The second-order valence-electron chi connectivity index (χ2n) is 9.82. The van der Waals surface area contributed by atoms with Gasteiger partial charge in [-0.2, -0.15) is 0 Å². The summed E-state index contributed by atoms with van der Waals surface area (Å²) in [7, 11) is -2.09. The van der Waals surface area contributed by atoms with Crippen LogP contribution in [0.25, 0.3) is 0 Å². The van der Waals surface area contributed by atoms with Gasteiger partial charge < -0.3 is 24.3 Å². The summed E-state index contributed by atoms with van der Waals surface area (Å²) in [5.74, 6) is 0.354. The van der Waals surface area contributed by atoms with Crippen LogP contribution in [0.4, 0.5) is 4.79 Å². The van der Waals surface area contributed by atoms with Gasteiger partial charge in [0, 0.05) is 13.2 Å². The molecule has 7 heteroatoms. The molecule has 0 bridgehead atoms. The first-order valence-corrected chi connectivity index (χ1v) is 12.5. The van der Waals surface area contributed by atoms with Gasteiger partial charge in [-0.15, -0.1) is 0 Å². The lowest BCUT2D eigenvalue weighted by atomic mass is 9.96. The van der Waals surface area contributed by atoms with E-state index < -0.39 is 26.1 Å². The van der Waals surface area contributed by atoms with Crippen LogP contribution in [0.2, 0.25) is 18.1 Å². The summed E-state index contributed by atoms with van der Waals surface area (Å²) < 4.78 is 17.3. The summed E-state index contributed by atoms with van der Waals surface area (Å²) >= 11 is 0. The van der Waals surface area contributed by atoms with Crippen molar-refractivity contribution in [2.45, 2.75) is 90.3 Å². The van der Waals surface area contributed by atoms with Gasteiger partial charge in [-0.25, -0.2) is 4.79 Å². The highest BCUT2D eigenvalue weighted by Crippen LogP contribution is 2.38. The average Bonchev–Trinajstić information content (AvgIpc) is 2.93. The summed E-state index contributed by atoms with van der Waals surface area (Å²) in [6.45, 7) is 17.6. The zero-order valence-electron chi connectivity index (χ0n) is 17.8. The van der Waals surface area contributed by atoms with Gasteiger partial charge in [-0.3, -0.25) is 0 Å². The van der Waals surface area contributed by atoms with Crippen molar-refractivity contribution in [2.75, 3.05) is 19.8 Å². The molecule has 1 fully saturated rings.